The van der Waals surface area contributed by atoms with Crippen molar-refractivity contribution in [3.8, 4) is 11.1 Å². The van der Waals surface area contributed by atoms with E-state index >= 15 is 13.2 Å². The van der Waals surface area contributed by atoms with E-state index in [4.69, 9.17) is 9.73 Å². The fraction of sp³-hybridized carbons (Fsp3) is 0.471. The lowest BCUT2D eigenvalue weighted by Crippen LogP contribution is -2.53. The van der Waals surface area contributed by atoms with Gasteiger partial charge in [-0.1, -0.05) is 30.3 Å². The van der Waals surface area contributed by atoms with Crippen molar-refractivity contribution in [3.63, 3.8) is 0 Å². The first kappa shape index (κ1) is 29.8. The highest BCUT2D eigenvalue weighted by Crippen LogP contribution is 2.40. The van der Waals surface area contributed by atoms with Crippen LogP contribution in [-0.4, -0.2) is 91.0 Å². The molecule has 3 aromatic rings. The molecule has 6 nitrogen and oxygen atoms in total. The maximum Gasteiger partial charge on any atom is 0.160 e. The molecule has 0 aromatic heterocycles. The van der Waals surface area contributed by atoms with Crippen LogP contribution in [-0.2, 0) is 4.74 Å². The SMILES string of the molecule is C=Nc1c(/C(=N\COCCCN2C3CCC2CSC3)N2CC3CCC(C2)N3)cc(F)c(-c2c(F)ccc3ccccc23)c1F. The van der Waals surface area contributed by atoms with E-state index in [0.717, 1.165) is 25.8 Å². The predicted molar refractivity (Wildman–Crippen MR) is 173 cm³/mol. The van der Waals surface area contributed by atoms with Gasteiger partial charge in [-0.25, -0.2) is 18.2 Å². The van der Waals surface area contributed by atoms with Crippen molar-refractivity contribution in [2.45, 2.75) is 56.3 Å². The summed E-state index contributed by atoms with van der Waals surface area (Å²) in [5, 5.41) is 4.70. The van der Waals surface area contributed by atoms with Gasteiger partial charge in [-0.2, -0.15) is 11.8 Å². The molecule has 4 saturated heterocycles. The fourth-order valence-electron chi connectivity index (χ4n) is 7.59. The third-order valence-electron chi connectivity index (χ3n) is 9.64. The Hall–Kier alpha value is -2.92. The Balaban J connectivity index is 1.17. The van der Waals surface area contributed by atoms with Gasteiger partial charge >= 0.3 is 0 Å². The second-order valence-electron chi connectivity index (χ2n) is 12.3. The summed E-state index contributed by atoms with van der Waals surface area (Å²) in [6.45, 7) is 6.58. The highest BCUT2D eigenvalue weighted by Gasteiger charge is 2.37. The monoisotopic (exact) mass is 621 g/mol. The van der Waals surface area contributed by atoms with E-state index in [1.807, 2.05) is 0 Å². The zero-order chi connectivity index (χ0) is 30.2. The number of nitrogens with one attached hydrogen (secondary N) is 1. The minimum absolute atomic E-state index is 0.0663. The average Bonchev–Trinajstić information content (AvgIpc) is 3.47. The Bertz CT molecular complexity index is 1560. The number of thioether (sulfide) groups is 1. The van der Waals surface area contributed by atoms with Crippen LogP contribution in [0.1, 0.15) is 37.7 Å². The van der Waals surface area contributed by atoms with Crippen molar-refractivity contribution in [1.82, 2.24) is 15.1 Å². The number of nitrogens with zero attached hydrogens (tertiary/aromatic N) is 4. The first-order valence-electron chi connectivity index (χ1n) is 15.6. The van der Waals surface area contributed by atoms with Crippen LogP contribution in [0.15, 0.2) is 52.4 Å². The van der Waals surface area contributed by atoms with Crippen LogP contribution in [0, 0.1) is 17.5 Å². The minimum atomic E-state index is -0.952. The fourth-order valence-corrected chi connectivity index (χ4v) is 8.98. The van der Waals surface area contributed by atoms with E-state index < -0.39 is 23.0 Å². The molecule has 4 aliphatic heterocycles. The van der Waals surface area contributed by atoms with Crippen LogP contribution in [0.5, 0.6) is 0 Å². The summed E-state index contributed by atoms with van der Waals surface area (Å²) in [6, 6.07) is 13.0. The Morgan fingerprint density at radius 1 is 0.955 bits per heavy atom. The van der Waals surface area contributed by atoms with Gasteiger partial charge in [-0.15, -0.1) is 0 Å². The standard InChI is InChI=1S/C34H38F3N5OS/c1-38-33-27(15-29(36)31(32(33)37)30-26-6-3-2-5-21(26)7-12-28(30)35)34(41-16-22-8-9-23(17-41)40-22)39-20-43-14-4-13-42-24-10-11-25(42)19-44-18-24/h2-3,5-7,12,15,22-25,40H,1,4,8-11,13-14,16-20H2/b39-34+. The lowest BCUT2D eigenvalue weighted by atomic mass is 9.94. The van der Waals surface area contributed by atoms with Crippen LogP contribution in [0.3, 0.4) is 0 Å². The van der Waals surface area contributed by atoms with Crippen LogP contribution in [0.4, 0.5) is 18.9 Å². The topological polar surface area (TPSA) is 52.5 Å². The second kappa shape index (κ2) is 12.8. The Labute approximate surface area is 260 Å². The lowest BCUT2D eigenvalue weighted by molar-refractivity contribution is 0.118. The second-order valence-corrected chi connectivity index (χ2v) is 13.4. The summed E-state index contributed by atoms with van der Waals surface area (Å²) in [4.78, 5) is 13.5. The average molecular weight is 622 g/mol. The normalized spacial score (nSPS) is 25.2. The molecule has 4 bridgehead atoms. The molecule has 4 fully saturated rings. The molecule has 1 N–H and O–H groups in total. The Kier molecular flexibility index (Phi) is 8.68. The van der Waals surface area contributed by atoms with Gasteiger partial charge in [-0.05, 0) is 61.7 Å². The number of hydrogen-bond donors (Lipinski definition) is 1. The summed E-state index contributed by atoms with van der Waals surface area (Å²) >= 11 is 2.07. The molecule has 4 atom stereocenters. The molecule has 4 aliphatic rings. The summed E-state index contributed by atoms with van der Waals surface area (Å²) in [5.74, 6) is 0.334. The zero-order valence-electron chi connectivity index (χ0n) is 24.8. The van der Waals surface area contributed by atoms with E-state index in [1.165, 1.54) is 36.5 Å². The number of aliphatic imine (C=N–C) groups is 2. The first-order chi connectivity index (χ1) is 21.5. The van der Waals surface area contributed by atoms with Gasteiger partial charge < -0.3 is 15.0 Å². The summed E-state index contributed by atoms with van der Waals surface area (Å²) in [7, 11) is 0. The molecule has 0 radical (unpaired) electrons. The smallest absolute Gasteiger partial charge is 0.160 e. The number of halogens is 3. The van der Waals surface area contributed by atoms with Crippen LogP contribution >= 0.6 is 11.8 Å². The maximum atomic E-state index is 16.4. The van der Waals surface area contributed by atoms with E-state index in [1.54, 1.807) is 30.3 Å². The van der Waals surface area contributed by atoms with Crippen molar-refractivity contribution >= 4 is 40.8 Å². The Morgan fingerprint density at radius 3 is 2.45 bits per heavy atom. The summed E-state index contributed by atoms with van der Waals surface area (Å²) < 4.78 is 53.6. The number of benzene rings is 3. The van der Waals surface area contributed by atoms with Gasteiger partial charge in [0.15, 0.2) is 5.82 Å². The highest BCUT2D eigenvalue weighted by atomic mass is 32.2. The van der Waals surface area contributed by atoms with Gasteiger partial charge in [-0.3, -0.25) is 9.89 Å². The van der Waals surface area contributed by atoms with E-state index in [0.29, 0.717) is 48.4 Å². The molecule has 7 rings (SSSR count). The van der Waals surface area contributed by atoms with Crippen LogP contribution in [0.25, 0.3) is 21.9 Å². The van der Waals surface area contributed by atoms with Gasteiger partial charge in [0.25, 0.3) is 0 Å². The molecule has 0 amide bonds. The number of hydrogen-bond acceptors (Lipinski definition) is 6. The van der Waals surface area contributed by atoms with Gasteiger partial charge in [0.1, 0.15) is 29.9 Å². The lowest BCUT2D eigenvalue weighted by Gasteiger charge is -2.35. The summed E-state index contributed by atoms with van der Waals surface area (Å²) in [5.41, 5.74) is -0.521. The van der Waals surface area contributed by atoms with Gasteiger partial charge in [0, 0.05) is 66.4 Å². The highest BCUT2D eigenvalue weighted by molar-refractivity contribution is 7.99. The number of amidine groups is 1. The molecular weight excluding hydrogens is 583 g/mol. The van der Waals surface area contributed by atoms with Crippen molar-refractivity contribution < 1.29 is 17.9 Å². The number of fused-ring (bicyclic) bond motifs is 5. The Morgan fingerprint density at radius 2 is 1.70 bits per heavy atom. The molecule has 4 unspecified atom stereocenters. The molecule has 10 heteroatoms. The van der Waals surface area contributed by atoms with E-state index in [9.17, 15) is 0 Å². The van der Waals surface area contributed by atoms with Crippen molar-refractivity contribution in [2.75, 3.05) is 44.5 Å². The van der Waals surface area contributed by atoms with Crippen molar-refractivity contribution in [3.05, 3.63) is 65.5 Å². The van der Waals surface area contributed by atoms with E-state index in [2.05, 4.69) is 38.6 Å². The third-order valence-corrected chi connectivity index (χ3v) is 10.9. The molecule has 0 saturated carbocycles. The molecular formula is C34H38F3N5OS. The molecule has 44 heavy (non-hydrogen) atoms. The van der Waals surface area contributed by atoms with E-state index in [-0.39, 0.29) is 35.6 Å². The molecule has 4 heterocycles. The zero-order valence-corrected chi connectivity index (χ0v) is 25.6. The van der Waals surface area contributed by atoms with Crippen LogP contribution in [0.2, 0.25) is 0 Å². The predicted octanol–water partition coefficient (Wildman–Crippen LogP) is 6.38. The molecule has 0 spiro atoms. The van der Waals surface area contributed by atoms with Gasteiger partial charge in [0.05, 0.1) is 12.2 Å². The van der Waals surface area contributed by atoms with Gasteiger partial charge in [0.2, 0.25) is 0 Å². The third kappa shape index (κ3) is 5.66. The number of likely N-dealkylation sites (tertiary alicyclic amines) is 1. The van der Waals surface area contributed by atoms with Crippen molar-refractivity contribution in [1.29, 1.82) is 0 Å². The largest absolute Gasteiger partial charge is 0.359 e. The number of rotatable bonds is 9. The maximum absolute atomic E-state index is 16.4. The molecule has 3 aromatic carbocycles. The molecule has 232 valence electrons. The first-order valence-corrected chi connectivity index (χ1v) is 16.8. The van der Waals surface area contributed by atoms with Crippen molar-refractivity contribution in [2.24, 2.45) is 9.98 Å². The number of piperazine rings is 1. The van der Waals surface area contributed by atoms with Crippen LogP contribution < -0.4 is 5.32 Å². The minimum Gasteiger partial charge on any atom is -0.359 e. The molecule has 0 aliphatic carbocycles. The summed E-state index contributed by atoms with van der Waals surface area (Å²) in [6.07, 6.45) is 5.57. The quantitative estimate of drug-likeness (QED) is 0.171. The number of ether oxygens (including phenoxy) is 1.